The number of carbonyl (C=O) groups excluding carboxylic acids is 1. The Morgan fingerprint density at radius 3 is 2.36 bits per heavy atom. The summed E-state index contributed by atoms with van der Waals surface area (Å²) in [5.41, 5.74) is 0.0694. The van der Waals surface area contributed by atoms with E-state index in [9.17, 15) is 14.9 Å². The number of non-ortho nitro benzene ring substituents is 1. The van der Waals surface area contributed by atoms with E-state index >= 15 is 0 Å². The predicted octanol–water partition coefficient (Wildman–Crippen LogP) is 3.91. The number of benzene rings is 1. The normalized spacial score (nSPS) is 17.5. The summed E-state index contributed by atoms with van der Waals surface area (Å²) >= 11 is 1.43. The maximum Gasteiger partial charge on any atom is 0.269 e. The Hall–Kier alpha value is -1.56. The van der Waals surface area contributed by atoms with Crippen molar-refractivity contribution < 1.29 is 9.72 Å². The van der Waals surface area contributed by atoms with E-state index in [1.165, 1.54) is 49.6 Å². The van der Waals surface area contributed by atoms with Gasteiger partial charge in [-0.2, -0.15) is 0 Å². The number of hydrogen-bond acceptors (Lipinski definition) is 4. The van der Waals surface area contributed by atoms with Crippen LogP contribution in [-0.2, 0) is 4.79 Å². The Kier molecular flexibility index (Phi) is 6.24. The first-order chi connectivity index (χ1) is 10.6. The molecule has 1 aliphatic rings. The topological polar surface area (TPSA) is 72.2 Å². The SMILES string of the molecule is C[C@@H](Sc1ccc([N+](=O)[O-])cc1)C(=O)NC1CCCCCC1. The van der Waals surface area contributed by atoms with Gasteiger partial charge in [0, 0.05) is 23.1 Å². The van der Waals surface area contributed by atoms with Crippen molar-refractivity contribution in [3.63, 3.8) is 0 Å². The summed E-state index contributed by atoms with van der Waals surface area (Å²) in [4.78, 5) is 23.3. The van der Waals surface area contributed by atoms with Crippen LogP contribution in [0, 0.1) is 10.1 Å². The van der Waals surface area contributed by atoms with Crippen molar-refractivity contribution in [2.24, 2.45) is 0 Å². The molecular weight excluding hydrogens is 300 g/mol. The number of carbonyl (C=O) groups is 1. The van der Waals surface area contributed by atoms with Crippen LogP contribution in [0.1, 0.15) is 45.4 Å². The third-order valence-electron chi connectivity index (χ3n) is 3.93. The Morgan fingerprint density at radius 1 is 1.23 bits per heavy atom. The summed E-state index contributed by atoms with van der Waals surface area (Å²) in [6.45, 7) is 1.87. The Balaban J connectivity index is 1.86. The predicted molar refractivity (Wildman–Crippen MR) is 88.0 cm³/mol. The fourth-order valence-electron chi connectivity index (χ4n) is 2.65. The maximum absolute atomic E-state index is 12.3. The average molecular weight is 322 g/mol. The molecule has 0 unspecified atom stereocenters. The fourth-order valence-corrected chi connectivity index (χ4v) is 3.52. The molecule has 5 nitrogen and oxygen atoms in total. The Labute approximate surface area is 135 Å². The summed E-state index contributed by atoms with van der Waals surface area (Å²) in [5, 5.41) is 13.6. The molecule has 0 aliphatic heterocycles. The lowest BCUT2D eigenvalue weighted by Gasteiger charge is -2.19. The van der Waals surface area contributed by atoms with Gasteiger partial charge >= 0.3 is 0 Å². The van der Waals surface area contributed by atoms with Crippen LogP contribution in [0.15, 0.2) is 29.2 Å². The number of nitrogens with zero attached hydrogens (tertiary/aromatic N) is 1. The zero-order valence-corrected chi connectivity index (χ0v) is 13.6. The van der Waals surface area contributed by atoms with Gasteiger partial charge in [0.1, 0.15) is 0 Å². The molecule has 1 atom stereocenters. The molecule has 1 fully saturated rings. The summed E-state index contributed by atoms with van der Waals surface area (Å²) in [5.74, 6) is 0.0512. The highest BCUT2D eigenvalue weighted by molar-refractivity contribution is 8.00. The number of amides is 1. The quantitative estimate of drug-likeness (QED) is 0.386. The molecule has 0 spiro atoms. The van der Waals surface area contributed by atoms with Gasteiger partial charge in [0.05, 0.1) is 10.2 Å². The molecule has 0 saturated heterocycles. The van der Waals surface area contributed by atoms with E-state index in [0.717, 1.165) is 17.7 Å². The highest BCUT2D eigenvalue weighted by atomic mass is 32.2. The van der Waals surface area contributed by atoms with Crippen molar-refractivity contribution >= 4 is 23.4 Å². The lowest BCUT2D eigenvalue weighted by molar-refractivity contribution is -0.384. The molecule has 0 bridgehead atoms. The van der Waals surface area contributed by atoms with Crippen LogP contribution < -0.4 is 5.32 Å². The van der Waals surface area contributed by atoms with Gasteiger partial charge in [0.2, 0.25) is 5.91 Å². The van der Waals surface area contributed by atoms with Gasteiger partial charge in [-0.25, -0.2) is 0 Å². The summed E-state index contributed by atoms with van der Waals surface area (Å²) in [6, 6.07) is 6.63. The summed E-state index contributed by atoms with van der Waals surface area (Å²) < 4.78 is 0. The molecule has 0 heterocycles. The summed E-state index contributed by atoms with van der Waals surface area (Å²) in [6.07, 6.45) is 7.05. The van der Waals surface area contributed by atoms with E-state index in [1.807, 2.05) is 6.92 Å². The zero-order chi connectivity index (χ0) is 15.9. The second kappa shape index (κ2) is 8.17. The van der Waals surface area contributed by atoms with Crippen LogP contribution in [0.2, 0.25) is 0 Å². The minimum Gasteiger partial charge on any atom is -0.352 e. The Bertz CT molecular complexity index is 511. The van der Waals surface area contributed by atoms with Gasteiger partial charge in [-0.3, -0.25) is 14.9 Å². The number of nitrogens with one attached hydrogen (secondary N) is 1. The molecule has 1 aliphatic carbocycles. The molecule has 1 aromatic rings. The van der Waals surface area contributed by atoms with Gasteiger partial charge in [0.25, 0.3) is 5.69 Å². The second-order valence-corrected chi connectivity index (χ2v) is 7.12. The van der Waals surface area contributed by atoms with Crippen molar-refractivity contribution in [1.82, 2.24) is 5.32 Å². The van der Waals surface area contributed by atoms with Gasteiger partial charge < -0.3 is 5.32 Å². The molecule has 0 radical (unpaired) electrons. The third-order valence-corrected chi connectivity index (χ3v) is 5.04. The minimum absolute atomic E-state index is 0.0512. The van der Waals surface area contributed by atoms with Crippen molar-refractivity contribution in [3.8, 4) is 0 Å². The molecule has 1 N–H and O–H groups in total. The van der Waals surface area contributed by atoms with E-state index in [1.54, 1.807) is 12.1 Å². The van der Waals surface area contributed by atoms with Gasteiger partial charge in [-0.15, -0.1) is 11.8 Å². The number of nitro groups is 1. The smallest absolute Gasteiger partial charge is 0.269 e. The van der Waals surface area contributed by atoms with Crippen molar-refractivity contribution in [3.05, 3.63) is 34.4 Å². The first-order valence-corrected chi connectivity index (χ1v) is 8.65. The molecule has 1 aromatic carbocycles. The molecule has 1 saturated carbocycles. The zero-order valence-electron chi connectivity index (χ0n) is 12.8. The molecule has 2 rings (SSSR count). The molecule has 0 aromatic heterocycles. The second-order valence-electron chi connectivity index (χ2n) is 5.71. The van der Waals surface area contributed by atoms with Crippen LogP contribution in [-0.4, -0.2) is 22.1 Å². The van der Waals surface area contributed by atoms with Crippen molar-refractivity contribution in [2.75, 3.05) is 0 Å². The molecule has 1 amide bonds. The Morgan fingerprint density at radius 2 is 1.82 bits per heavy atom. The number of rotatable bonds is 5. The van der Waals surface area contributed by atoms with E-state index in [-0.39, 0.29) is 16.8 Å². The fraction of sp³-hybridized carbons (Fsp3) is 0.562. The molecule has 6 heteroatoms. The van der Waals surface area contributed by atoms with Gasteiger partial charge in [-0.1, -0.05) is 25.7 Å². The largest absolute Gasteiger partial charge is 0.352 e. The highest BCUT2D eigenvalue weighted by Crippen LogP contribution is 2.26. The third kappa shape index (κ3) is 5.02. The summed E-state index contributed by atoms with van der Waals surface area (Å²) in [7, 11) is 0. The van der Waals surface area contributed by atoms with Crippen LogP contribution in [0.4, 0.5) is 5.69 Å². The first-order valence-electron chi connectivity index (χ1n) is 7.78. The van der Waals surface area contributed by atoms with Crippen LogP contribution in [0.25, 0.3) is 0 Å². The molecular formula is C16H22N2O3S. The minimum atomic E-state index is -0.420. The highest BCUT2D eigenvalue weighted by Gasteiger charge is 2.20. The average Bonchev–Trinajstić information content (AvgIpc) is 2.76. The molecule has 22 heavy (non-hydrogen) atoms. The lowest BCUT2D eigenvalue weighted by atomic mass is 10.1. The van der Waals surface area contributed by atoms with Crippen LogP contribution >= 0.6 is 11.8 Å². The van der Waals surface area contributed by atoms with E-state index in [2.05, 4.69) is 5.32 Å². The number of hydrogen-bond donors (Lipinski definition) is 1. The van der Waals surface area contributed by atoms with E-state index in [4.69, 9.17) is 0 Å². The maximum atomic E-state index is 12.3. The molecule has 120 valence electrons. The van der Waals surface area contributed by atoms with Crippen LogP contribution in [0.3, 0.4) is 0 Å². The standard InChI is InChI=1S/C16H22N2O3S/c1-12(16(19)17-13-6-4-2-3-5-7-13)22-15-10-8-14(9-11-15)18(20)21/h8-13H,2-7H2,1H3,(H,17,19)/t12-/m1/s1. The van der Waals surface area contributed by atoms with Gasteiger partial charge in [0.15, 0.2) is 0 Å². The lowest BCUT2D eigenvalue weighted by Crippen LogP contribution is -2.39. The number of thioether (sulfide) groups is 1. The van der Waals surface area contributed by atoms with Crippen molar-refractivity contribution in [2.45, 2.75) is 61.6 Å². The van der Waals surface area contributed by atoms with Gasteiger partial charge in [-0.05, 0) is 31.9 Å². The van der Waals surface area contributed by atoms with Crippen LogP contribution in [0.5, 0.6) is 0 Å². The monoisotopic (exact) mass is 322 g/mol. The number of nitro benzene ring substituents is 1. The van der Waals surface area contributed by atoms with Crippen molar-refractivity contribution in [1.29, 1.82) is 0 Å². The van der Waals surface area contributed by atoms with E-state index < -0.39 is 4.92 Å². The van der Waals surface area contributed by atoms with E-state index in [0.29, 0.717) is 6.04 Å². The first kappa shape index (κ1) is 16.8.